The summed E-state index contributed by atoms with van der Waals surface area (Å²) >= 11 is 0. The van der Waals surface area contributed by atoms with Crippen LogP contribution in [0.4, 0.5) is 28.4 Å². The van der Waals surface area contributed by atoms with Gasteiger partial charge in [0.15, 0.2) is 0 Å². The van der Waals surface area contributed by atoms with Crippen LogP contribution in [0.15, 0.2) is 121 Å². The summed E-state index contributed by atoms with van der Waals surface area (Å²) in [4.78, 5) is 17.8. The second-order valence-electron chi connectivity index (χ2n) is 18.6. The minimum absolute atomic E-state index is 0.0232. The van der Waals surface area contributed by atoms with E-state index in [1.165, 1.54) is 83.6 Å². The Bertz CT molecular complexity index is 2410. The van der Waals surface area contributed by atoms with E-state index in [0.717, 1.165) is 70.1 Å². The number of benzene rings is 6. The Kier molecular flexibility index (Phi) is 15.0. The zero-order chi connectivity index (χ0) is 45.5. The van der Waals surface area contributed by atoms with E-state index < -0.39 is 0 Å². The largest absolute Gasteiger partial charge is 0.457 e. The van der Waals surface area contributed by atoms with E-state index in [0.29, 0.717) is 5.57 Å². The van der Waals surface area contributed by atoms with Crippen LogP contribution in [0.5, 0.6) is 0 Å². The van der Waals surface area contributed by atoms with Crippen molar-refractivity contribution < 1.29 is 9.53 Å². The predicted molar refractivity (Wildman–Crippen MR) is 273 cm³/mol. The van der Waals surface area contributed by atoms with Crippen molar-refractivity contribution in [3.63, 3.8) is 0 Å². The molecule has 0 spiro atoms. The van der Waals surface area contributed by atoms with Gasteiger partial charge in [-0.05, 0) is 155 Å². The second kappa shape index (κ2) is 20.8. The van der Waals surface area contributed by atoms with Crippen molar-refractivity contribution >= 4 is 45.2 Å². The molecule has 334 valence electrons. The van der Waals surface area contributed by atoms with Crippen LogP contribution < -0.4 is 15.1 Å². The lowest BCUT2D eigenvalue weighted by Crippen LogP contribution is -2.40. The molecule has 1 fully saturated rings. The molecular weight excluding hydrogens is 783 g/mol. The molecule has 64 heavy (non-hydrogen) atoms. The van der Waals surface area contributed by atoms with Crippen molar-refractivity contribution in [1.29, 1.82) is 0 Å². The lowest BCUT2D eigenvalue weighted by Gasteiger charge is -2.33. The van der Waals surface area contributed by atoms with Crippen molar-refractivity contribution in [2.75, 3.05) is 28.2 Å². The summed E-state index contributed by atoms with van der Waals surface area (Å²) in [7, 11) is 0. The number of esters is 1. The molecule has 1 aliphatic rings. The number of anilines is 5. The number of fused-ring (bicyclic) bond motifs is 1. The number of aryl methyl sites for hydroxylation is 6. The fraction of sp³-hybridized carbons (Fsp3) is 0.373. The summed E-state index contributed by atoms with van der Waals surface area (Å²) in [6.07, 6.45) is 8.23. The van der Waals surface area contributed by atoms with E-state index in [4.69, 9.17) is 4.74 Å². The molecule has 0 aliphatic heterocycles. The average molecular weight is 854 g/mol. The fourth-order valence-corrected chi connectivity index (χ4v) is 10.4. The number of nitrogens with one attached hydrogen (secondary N) is 1. The van der Waals surface area contributed by atoms with Crippen LogP contribution in [-0.2, 0) is 9.53 Å². The van der Waals surface area contributed by atoms with Crippen LogP contribution in [0.1, 0.15) is 128 Å². The SMILES string of the molecule is C=C(C)C(=O)OC1CCCCC1Nc1ccc(C(c2ccc(N(CCCC)c3c(C)cc(C)cc3C)cc2)c2ccc(N(CCCC)c3c(C)cc(C)cc3C)cc2)c2ccccc12. The van der Waals surface area contributed by atoms with Gasteiger partial charge in [0.05, 0.1) is 6.04 Å². The maximum atomic E-state index is 12.7. The second-order valence-corrected chi connectivity index (χ2v) is 18.6. The summed E-state index contributed by atoms with van der Waals surface area (Å²) in [5.41, 5.74) is 18.2. The van der Waals surface area contributed by atoms with Gasteiger partial charge in [-0.25, -0.2) is 4.79 Å². The molecule has 7 rings (SSSR count). The molecular formula is C59H71N3O2. The molecule has 6 aromatic carbocycles. The van der Waals surface area contributed by atoms with Gasteiger partial charge >= 0.3 is 5.97 Å². The first-order chi connectivity index (χ1) is 30.9. The number of carbonyl (C=O) groups excluding carboxylic acids is 1. The molecule has 1 N–H and O–H groups in total. The summed E-state index contributed by atoms with van der Waals surface area (Å²) in [6, 6.07) is 41.5. The Labute approximate surface area is 384 Å². The summed E-state index contributed by atoms with van der Waals surface area (Å²) in [5, 5.41) is 6.25. The molecule has 5 heteroatoms. The molecule has 0 amide bonds. The van der Waals surface area contributed by atoms with Crippen molar-refractivity contribution in [3.05, 3.63) is 171 Å². The van der Waals surface area contributed by atoms with Crippen molar-refractivity contribution in [2.45, 2.75) is 132 Å². The van der Waals surface area contributed by atoms with Gasteiger partial charge in [0.25, 0.3) is 0 Å². The van der Waals surface area contributed by atoms with Crippen LogP contribution in [0.2, 0.25) is 0 Å². The molecule has 0 saturated heterocycles. The summed E-state index contributed by atoms with van der Waals surface area (Å²) in [5.74, 6) is -0.339. The van der Waals surface area contributed by atoms with E-state index in [1.807, 2.05) is 0 Å². The van der Waals surface area contributed by atoms with Crippen LogP contribution in [0.25, 0.3) is 10.8 Å². The van der Waals surface area contributed by atoms with E-state index in [1.54, 1.807) is 6.92 Å². The molecule has 5 nitrogen and oxygen atoms in total. The normalized spacial score (nSPS) is 15.0. The molecule has 1 aliphatic carbocycles. The molecule has 0 aromatic heterocycles. The van der Waals surface area contributed by atoms with E-state index in [-0.39, 0.29) is 24.0 Å². The van der Waals surface area contributed by atoms with Gasteiger partial charge in [-0.15, -0.1) is 0 Å². The van der Waals surface area contributed by atoms with E-state index in [9.17, 15) is 4.79 Å². The summed E-state index contributed by atoms with van der Waals surface area (Å²) < 4.78 is 6.01. The third kappa shape index (κ3) is 10.3. The lowest BCUT2D eigenvalue weighted by molar-refractivity contribution is -0.146. The Morgan fingerprint density at radius 2 is 1.12 bits per heavy atom. The minimum atomic E-state index is -0.311. The third-order valence-corrected chi connectivity index (χ3v) is 13.3. The van der Waals surface area contributed by atoms with Gasteiger partial charge in [0, 0.05) is 58.4 Å². The maximum Gasteiger partial charge on any atom is 0.333 e. The van der Waals surface area contributed by atoms with Crippen LogP contribution in [0, 0.1) is 41.5 Å². The van der Waals surface area contributed by atoms with Crippen molar-refractivity contribution in [3.8, 4) is 0 Å². The van der Waals surface area contributed by atoms with Gasteiger partial charge in [0.1, 0.15) is 6.10 Å². The number of nitrogens with zero attached hydrogens (tertiary/aromatic N) is 2. The Morgan fingerprint density at radius 3 is 1.59 bits per heavy atom. The Hall–Kier alpha value is -5.81. The van der Waals surface area contributed by atoms with Crippen molar-refractivity contribution in [1.82, 2.24) is 0 Å². The average Bonchev–Trinajstić information content (AvgIpc) is 3.27. The number of hydrogen-bond acceptors (Lipinski definition) is 5. The quantitative estimate of drug-likeness (QED) is 0.0563. The van der Waals surface area contributed by atoms with E-state index >= 15 is 0 Å². The highest BCUT2D eigenvalue weighted by atomic mass is 16.5. The molecule has 0 heterocycles. The molecule has 6 aromatic rings. The lowest BCUT2D eigenvalue weighted by atomic mass is 9.82. The molecule has 2 atom stereocenters. The third-order valence-electron chi connectivity index (χ3n) is 13.3. The topological polar surface area (TPSA) is 44.8 Å². The molecule has 1 saturated carbocycles. The Balaban J connectivity index is 1.33. The van der Waals surface area contributed by atoms with Gasteiger partial charge < -0.3 is 19.9 Å². The van der Waals surface area contributed by atoms with E-state index in [2.05, 4.69) is 186 Å². The molecule has 0 bridgehead atoms. The summed E-state index contributed by atoms with van der Waals surface area (Å²) in [6.45, 7) is 25.4. The van der Waals surface area contributed by atoms with Gasteiger partial charge in [0.2, 0.25) is 0 Å². The number of hydrogen-bond donors (Lipinski definition) is 1. The standard InChI is InChI=1S/C59H71N3O2/c1-11-13-33-61(57-42(7)35-40(5)36-43(57)8)48-27-23-46(24-28-48)56(47-25-29-49(30-26-47)62(34-14-12-2)58-44(9)37-41(6)38-45(58)10)52-31-32-53(51-20-16-15-19-50(51)52)60-54-21-17-18-22-55(54)64-59(63)39(3)4/h15-16,19-20,23-32,35-38,54-56,60H,3,11-14,17-18,21-22,33-34H2,1-2,4-10H3. The number of unbranched alkanes of at least 4 members (excludes halogenated alkanes) is 2. The molecule has 2 unspecified atom stereocenters. The Morgan fingerprint density at radius 1 is 0.656 bits per heavy atom. The highest BCUT2D eigenvalue weighted by Gasteiger charge is 2.30. The minimum Gasteiger partial charge on any atom is -0.457 e. The smallest absolute Gasteiger partial charge is 0.333 e. The first kappa shape index (κ1) is 46.2. The van der Waals surface area contributed by atoms with Crippen LogP contribution in [-0.4, -0.2) is 31.2 Å². The predicted octanol–water partition coefficient (Wildman–Crippen LogP) is 15.6. The van der Waals surface area contributed by atoms with Gasteiger partial charge in [-0.3, -0.25) is 0 Å². The highest BCUT2D eigenvalue weighted by Crippen LogP contribution is 2.42. The van der Waals surface area contributed by atoms with Crippen molar-refractivity contribution in [2.24, 2.45) is 0 Å². The first-order valence-corrected chi connectivity index (χ1v) is 23.9. The van der Waals surface area contributed by atoms with Crippen LogP contribution >= 0.6 is 0 Å². The monoisotopic (exact) mass is 854 g/mol. The zero-order valence-electron chi connectivity index (χ0n) is 40.1. The number of ether oxygens (including phenoxy) is 1. The number of carbonyl (C=O) groups is 1. The fourth-order valence-electron chi connectivity index (χ4n) is 10.4. The number of rotatable bonds is 17. The molecule has 0 radical (unpaired) electrons. The first-order valence-electron chi connectivity index (χ1n) is 23.9. The van der Waals surface area contributed by atoms with Gasteiger partial charge in [-0.2, -0.15) is 0 Å². The van der Waals surface area contributed by atoms with Crippen LogP contribution in [0.3, 0.4) is 0 Å². The zero-order valence-corrected chi connectivity index (χ0v) is 40.1. The van der Waals surface area contributed by atoms with Gasteiger partial charge in [-0.1, -0.05) is 130 Å². The maximum absolute atomic E-state index is 12.7. The highest BCUT2D eigenvalue weighted by molar-refractivity contribution is 5.97.